The molecule has 3 heteroatoms. The second kappa shape index (κ2) is 6.46. The van der Waals surface area contributed by atoms with Crippen molar-refractivity contribution in [2.45, 2.75) is 50.7 Å². The lowest BCUT2D eigenvalue weighted by Crippen LogP contribution is -2.33. The zero-order valence-corrected chi connectivity index (χ0v) is 9.54. The first-order chi connectivity index (χ1) is 7.45. The van der Waals surface area contributed by atoms with Gasteiger partial charge in [-0.3, -0.25) is 0 Å². The van der Waals surface area contributed by atoms with Gasteiger partial charge in [-0.1, -0.05) is 19.3 Å². The van der Waals surface area contributed by atoms with Crippen LogP contribution in [0.15, 0.2) is 0 Å². The molecule has 1 aliphatic carbocycles. The van der Waals surface area contributed by atoms with Crippen molar-refractivity contribution in [3.8, 4) is 0 Å². The molecule has 2 fully saturated rings. The Bertz CT molecular complexity index is 163. The maximum absolute atomic E-state index is 5.84. The molecule has 1 atom stereocenters. The van der Waals surface area contributed by atoms with E-state index in [1.165, 1.54) is 32.1 Å². The fraction of sp³-hybridized carbons (Fsp3) is 1.00. The van der Waals surface area contributed by atoms with Gasteiger partial charge < -0.3 is 14.8 Å². The predicted octanol–water partition coefficient (Wildman–Crippen LogP) is 1.71. The van der Waals surface area contributed by atoms with Crippen LogP contribution in [0, 0.1) is 0 Å². The molecule has 0 aromatic rings. The summed E-state index contributed by atoms with van der Waals surface area (Å²) >= 11 is 0. The van der Waals surface area contributed by atoms with Crippen molar-refractivity contribution >= 4 is 0 Å². The third-order valence-corrected chi connectivity index (χ3v) is 3.37. The summed E-state index contributed by atoms with van der Waals surface area (Å²) in [6, 6.07) is 0.569. The van der Waals surface area contributed by atoms with Gasteiger partial charge in [0, 0.05) is 19.2 Å². The molecule has 1 saturated carbocycles. The van der Waals surface area contributed by atoms with Crippen LogP contribution in [-0.4, -0.2) is 38.5 Å². The normalized spacial score (nSPS) is 28.4. The van der Waals surface area contributed by atoms with Crippen molar-refractivity contribution in [1.29, 1.82) is 0 Å². The van der Waals surface area contributed by atoms with Crippen LogP contribution in [0.1, 0.15) is 38.5 Å². The molecule has 88 valence electrons. The van der Waals surface area contributed by atoms with E-state index in [4.69, 9.17) is 9.47 Å². The van der Waals surface area contributed by atoms with E-state index < -0.39 is 0 Å². The van der Waals surface area contributed by atoms with Gasteiger partial charge >= 0.3 is 0 Å². The number of ether oxygens (including phenoxy) is 2. The summed E-state index contributed by atoms with van der Waals surface area (Å²) in [5.41, 5.74) is 0. The Hall–Kier alpha value is -0.120. The molecule has 2 aliphatic rings. The van der Waals surface area contributed by atoms with Gasteiger partial charge in [0.2, 0.25) is 0 Å². The van der Waals surface area contributed by atoms with E-state index in [1.54, 1.807) is 0 Å². The highest BCUT2D eigenvalue weighted by Crippen LogP contribution is 2.19. The summed E-state index contributed by atoms with van der Waals surface area (Å²) in [6.07, 6.45) is 8.35. The van der Waals surface area contributed by atoms with Crippen LogP contribution in [0.2, 0.25) is 0 Å². The Balaban J connectivity index is 1.47. The molecule has 0 aromatic heterocycles. The molecule has 0 bridgehead atoms. The lowest BCUT2D eigenvalue weighted by molar-refractivity contribution is 0.0292. The molecule has 3 nitrogen and oxygen atoms in total. The third kappa shape index (κ3) is 4.09. The quantitative estimate of drug-likeness (QED) is 0.705. The van der Waals surface area contributed by atoms with E-state index in [0.29, 0.717) is 12.1 Å². The summed E-state index contributed by atoms with van der Waals surface area (Å²) < 4.78 is 11.1. The van der Waals surface area contributed by atoms with Crippen molar-refractivity contribution in [3.05, 3.63) is 0 Å². The van der Waals surface area contributed by atoms with E-state index in [9.17, 15) is 0 Å². The van der Waals surface area contributed by atoms with E-state index in [2.05, 4.69) is 5.32 Å². The lowest BCUT2D eigenvalue weighted by atomic mass is 9.98. The molecular weight excluding hydrogens is 190 g/mol. The van der Waals surface area contributed by atoms with Crippen LogP contribution >= 0.6 is 0 Å². The van der Waals surface area contributed by atoms with Gasteiger partial charge in [-0.05, 0) is 19.3 Å². The van der Waals surface area contributed by atoms with Gasteiger partial charge in [0.05, 0.1) is 19.3 Å². The molecule has 0 aromatic carbocycles. The minimum atomic E-state index is 0.542. The highest BCUT2D eigenvalue weighted by molar-refractivity contribution is 4.71. The van der Waals surface area contributed by atoms with E-state index in [-0.39, 0.29) is 0 Å². The lowest BCUT2D eigenvalue weighted by Gasteiger charge is -2.22. The summed E-state index contributed by atoms with van der Waals surface area (Å²) in [4.78, 5) is 0. The van der Waals surface area contributed by atoms with Gasteiger partial charge in [0.25, 0.3) is 0 Å². The summed E-state index contributed by atoms with van der Waals surface area (Å²) in [5.74, 6) is 0. The van der Waals surface area contributed by atoms with Gasteiger partial charge in [-0.25, -0.2) is 0 Å². The topological polar surface area (TPSA) is 30.5 Å². The Morgan fingerprint density at radius 3 is 2.73 bits per heavy atom. The highest BCUT2D eigenvalue weighted by Gasteiger charge is 2.15. The monoisotopic (exact) mass is 213 g/mol. The van der Waals surface area contributed by atoms with Gasteiger partial charge in [0.1, 0.15) is 0 Å². The van der Waals surface area contributed by atoms with Crippen LogP contribution in [0.4, 0.5) is 0 Å². The summed E-state index contributed by atoms with van der Waals surface area (Å²) in [6.45, 7) is 3.64. The maximum atomic E-state index is 5.84. The van der Waals surface area contributed by atoms with Crippen LogP contribution < -0.4 is 5.32 Å². The van der Waals surface area contributed by atoms with Gasteiger partial charge in [-0.15, -0.1) is 0 Å². The molecule has 1 unspecified atom stereocenters. The van der Waals surface area contributed by atoms with E-state index in [1.807, 2.05) is 0 Å². The standard InChI is InChI=1S/C12H23NO2/c1-2-4-12(5-3-1)15-9-7-13-11-6-8-14-10-11/h11-13H,1-10H2. The zero-order valence-electron chi connectivity index (χ0n) is 9.54. The number of rotatable bonds is 5. The second-order valence-corrected chi connectivity index (χ2v) is 4.65. The Morgan fingerprint density at radius 2 is 2.00 bits per heavy atom. The average molecular weight is 213 g/mol. The first-order valence-corrected chi connectivity index (χ1v) is 6.38. The van der Waals surface area contributed by atoms with Gasteiger partial charge in [0.15, 0.2) is 0 Å². The van der Waals surface area contributed by atoms with Gasteiger partial charge in [-0.2, -0.15) is 0 Å². The first-order valence-electron chi connectivity index (χ1n) is 6.38. The van der Waals surface area contributed by atoms with Crippen LogP contribution in [0.3, 0.4) is 0 Å². The first kappa shape index (κ1) is 11.4. The molecule has 1 heterocycles. The molecule has 1 aliphatic heterocycles. The fourth-order valence-corrected chi connectivity index (χ4v) is 2.42. The average Bonchev–Trinajstić information content (AvgIpc) is 2.79. The third-order valence-electron chi connectivity index (χ3n) is 3.37. The minimum absolute atomic E-state index is 0.542. The zero-order chi connectivity index (χ0) is 10.3. The Morgan fingerprint density at radius 1 is 1.13 bits per heavy atom. The minimum Gasteiger partial charge on any atom is -0.380 e. The molecule has 1 saturated heterocycles. The van der Waals surface area contributed by atoms with Crippen molar-refractivity contribution in [2.24, 2.45) is 0 Å². The molecule has 0 spiro atoms. The van der Waals surface area contributed by atoms with Crippen molar-refractivity contribution in [3.63, 3.8) is 0 Å². The van der Waals surface area contributed by atoms with Crippen LogP contribution in [-0.2, 0) is 9.47 Å². The molecule has 15 heavy (non-hydrogen) atoms. The molecule has 2 rings (SSSR count). The van der Waals surface area contributed by atoms with Crippen LogP contribution in [0.5, 0.6) is 0 Å². The second-order valence-electron chi connectivity index (χ2n) is 4.65. The van der Waals surface area contributed by atoms with Crippen LogP contribution in [0.25, 0.3) is 0 Å². The Labute approximate surface area is 92.5 Å². The predicted molar refractivity (Wildman–Crippen MR) is 60.1 cm³/mol. The van der Waals surface area contributed by atoms with Crippen molar-refractivity contribution < 1.29 is 9.47 Å². The summed E-state index contributed by atoms with van der Waals surface area (Å²) in [5, 5.41) is 3.47. The number of hydrogen-bond donors (Lipinski definition) is 1. The molecule has 0 radical (unpaired) electrons. The van der Waals surface area contributed by atoms with E-state index in [0.717, 1.165) is 32.8 Å². The summed E-state index contributed by atoms with van der Waals surface area (Å²) in [7, 11) is 0. The molecule has 0 amide bonds. The fourth-order valence-electron chi connectivity index (χ4n) is 2.42. The van der Waals surface area contributed by atoms with E-state index >= 15 is 0 Å². The molecular formula is C12H23NO2. The maximum Gasteiger partial charge on any atom is 0.0620 e. The van der Waals surface area contributed by atoms with Crippen molar-refractivity contribution in [2.75, 3.05) is 26.4 Å². The number of hydrogen-bond acceptors (Lipinski definition) is 3. The largest absolute Gasteiger partial charge is 0.380 e. The SMILES string of the molecule is C1CCC(OCCNC2CCOC2)CC1. The Kier molecular flexibility index (Phi) is 4.90. The molecule has 1 N–H and O–H groups in total. The smallest absolute Gasteiger partial charge is 0.0620 e. The van der Waals surface area contributed by atoms with Crippen molar-refractivity contribution in [1.82, 2.24) is 5.32 Å². The number of nitrogens with one attached hydrogen (secondary N) is 1. The highest BCUT2D eigenvalue weighted by atomic mass is 16.5.